The highest BCUT2D eigenvalue weighted by atomic mass is 79.9. The number of nitrogens with zero attached hydrogens (tertiary/aromatic N) is 4. The molecule has 0 aliphatic heterocycles. The first-order valence-corrected chi connectivity index (χ1v) is 11.5. The normalized spacial score (nSPS) is 11.4. The Morgan fingerprint density at radius 2 is 1.83 bits per heavy atom. The van der Waals surface area contributed by atoms with Crippen molar-refractivity contribution < 1.29 is 8.42 Å². The minimum absolute atomic E-state index is 0.379. The molecule has 0 amide bonds. The molecule has 0 saturated carbocycles. The molecule has 0 bridgehead atoms. The van der Waals surface area contributed by atoms with Crippen molar-refractivity contribution in [2.75, 3.05) is 21.6 Å². The number of aryl methyl sites for hydroxylation is 1. The molecule has 3 N–H and O–H groups in total. The van der Waals surface area contributed by atoms with E-state index >= 15 is 0 Å². The number of fused-ring (bicyclic) bond motifs is 1. The SMILES string of the molecule is Cn1cc2ccc(Nc3ncc(Br)c(Nc4ccccc4NS(C)(=O)=O)n3)cc2n1. The quantitative estimate of drug-likeness (QED) is 0.376. The topological polar surface area (TPSA) is 114 Å². The van der Waals surface area contributed by atoms with Gasteiger partial charge in [-0.25, -0.2) is 13.4 Å². The van der Waals surface area contributed by atoms with Gasteiger partial charge in [-0.1, -0.05) is 12.1 Å². The predicted octanol–water partition coefficient (Wildman–Crippen LogP) is 3.98. The number of hydrogen-bond acceptors (Lipinski definition) is 7. The molecule has 0 saturated heterocycles. The zero-order valence-corrected chi connectivity index (χ0v) is 18.5. The van der Waals surface area contributed by atoms with Gasteiger partial charge in [-0.3, -0.25) is 9.40 Å². The Kier molecular flexibility index (Phi) is 5.31. The lowest BCUT2D eigenvalue weighted by Crippen LogP contribution is -2.11. The molecule has 2 aromatic heterocycles. The van der Waals surface area contributed by atoms with Crippen molar-refractivity contribution in [3.63, 3.8) is 0 Å². The molecule has 2 aromatic carbocycles. The molecule has 30 heavy (non-hydrogen) atoms. The summed E-state index contributed by atoms with van der Waals surface area (Å²) in [6.07, 6.45) is 4.66. The van der Waals surface area contributed by atoms with Gasteiger partial charge < -0.3 is 10.6 Å². The van der Waals surface area contributed by atoms with E-state index in [1.54, 1.807) is 35.1 Å². The highest BCUT2D eigenvalue weighted by molar-refractivity contribution is 9.10. The second kappa shape index (κ2) is 7.92. The van der Waals surface area contributed by atoms with Crippen LogP contribution in [0.15, 0.2) is 59.3 Å². The number of para-hydroxylation sites is 2. The van der Waals surface area contributed by atoms with Crippen LogP contribution in [0.5, 0.6) is 0 Å². The van der Waals surface area contributed by atoms with E-state index in [9.17, 15) is 8.42 Å². The number of aromatic nitrogens is 4. The van der Waals surface area contributed by atoms with Crippen LogP contribution in [0.3, 0.4) is 0 Å². The van der Waals surface area contributed by atoms with Crippen LogP contribution in [0.1, 0.15) is 0 Å². The Bertz CT molecular complexity index is 1340. The van der Waals surface area contributed by atoms with Gasteiger partial charge in [0.25, 0.3) is 0 Å². The first-order valence-electron chi connectivity index (χ1n) is 8.84. The van der Waals surface area contributed by atoms with Crippen molar-refractivity contribution in [1.82, 2.24) is 19.7 Å². The maximum Gasteiger partial charge on any atom is 0.229 e. The van der Waals surface area contributed by atoms with Gasteiger partial charge in [0.15, 0.2) is 0 Å². The molecule has 0 atom stereocenters. The molecule has 0 aliphatic rings. The predicted molar refractivity (Wildman–Crippen MR) is 122 cm³/mol. The first-order chi connectivity index (χ1) is 14.3. The van der Waals surface area contributed by atoms with Gasteiger partial charge in [0.05, 0.1) is 27.6 Å². The van der Waals surface area contributed by atoms with Crippen LogP contribution in [0.2, 0.25) is 0 Å². The summed E-state index contributed by atoms with van der Waals surface area (Å²) in [7, 11) is -1.55. The molecule has 0 fully saturated rings. The fourth-order valence-electron chi connectivity index (χ4n) is 2.87. The summed E-state index contributed by atoms with van der Waals surface area (Å²) in [4.78, 5) is 8.80. The van der Waals surface area contributed by atoms with Crippen LogP contribution in [0.4, 0.5) is 28.8 Å². The minimum Gasteiger partial charge on any atom is -0.337 e. The Morgan fingerprint density at radius 3 is 2.60 bits per heavy atom. The highest BCUT2D eigenvalue weighted by Crippen LogP contribution is 2.30. The fraction of sp³-hybridized carbons (Fsp3) is 0.105. The maximum atomic E-state index is 11.6. The highest BCUT2D eigenvalue weighted by Gasteiger charge is 2.11. The van der Waals surface area contributed by atoms with E-state index in [0.29, 0.717) is 27.6 Å². The maximum absolute atomic E-state index is 11.6. The van der Waals surface area contributed by atoms with E-state index < -0.39 is 10.0 Å². The number of benzene rings is 2. The molecule has 0 aliphatic carbocycles. The van der Waals surface area contributed by atoms with Gasteiger partial charge in [0.2, 0.25) is 16.0 Å². The van der Waals surface area contributed by atoms with E-state index in [1.165, 1.54) is 0 Å². The van der Waals surface area contributed by atoms with E-state index in [4.69, 9.17) is 0 Å². The summed E-state index contributed by atoms with van der Waals surface area (Å²) in [6.45, 7) is 0. The number of anilines is 5. The summed E-state index contributed by atoms with van der Waals surface area (Å²) in [6, 6.07) is 12.8. The summed E-state index contributed by atoms with van der Waals surface area (Å²) >= 11 is 3.43. The minimum atomic E-state index is -3.42. The molecule has 9 nitrogen and oxygen atoms in total. The number of sulfonamides is 1. The molecule has 2 heterocycles. The average molecular weight is 488 g/mol. The summed E-state index contributed by atoms with van der Waals surface area (Å²) < 4.78 is 28.1. The Balaban J connectivity index is 1.61. The lowest BCUT2D eigenvalue weighted by molar-refractivity contribution is 0.607. The zero-order chi connectivity index (χ0) is 21.3. The number of hydrogen-bond donors (Lipinski definition) is 3. The molecule has 11 heteroatoms. The largest absolute Gasteiger partial charge is 0.337 e. The van der Waals surface area contributed by atoms with Gasteiger partial charge in [-0.2, -0.15) is 10.1 Å². The summed E-state index contributed by atoms with van der Waals surface area (Å²) in [5.41, 5.74) is 2.64. The van der Waals surface area contributed by atoms with Crippen molar-refractivity contribution in [1.29, 1.82) is 0 Å². The molecule has 0 radical (unpaired) electrons. The number of halogens is 1. The van der Waals surface area contributed by atoms with Crippen LogP contribution in [0.25, 0.3) is 10.9 Å². The first kappa shape index (κ1) is 20.1. The van der Waals surface area contributed by atoms with Gasteiger partial charge in [-0.05, 0) is 46.3 Å². The third-order valence-corrected chi connectivity index (χ3v) is 5.27. The molecule has 0 spiro atoms. The van der Waals surface area contributed by atoms with Gasteiger partial charge in [-0.15, -0.1) is 0 Å². The van der Waals surface area contributed by atoms with Gasteiger partial charge in [0.1, 0.15) is 5.82 Å². The third-order valence-electron chi connectivity index (χ3n) is 4.10. The summed E-state index contributed by atoms with van der Waals surface area (Å²) in [5.74, 6) is 0.860. The second-order valence-electron chi connectivity index (χ2n) is 6.64. The Labute approximate surface area is 181 Å². The van der Waals surface area contributed by atoms with Crippen molar-refractivity contribution in [3.05, 3.63) is 59.3 Å². The second-order valence-corrected chi connectivity index (χ2v) is 9.24. The van der Waals surface area contributed by atoms with Crippen LogP contribution in [-0.2, 0) is 17.1 Å². The molecular weight excluding hydrogens is 470 g/mol. The molecule has 4 rings (SSSR count). The van der Waals surface area contributed by atoms with Crippen molar-refractivity contribution in [3.8, 4) is 0 Å². The van der Waals surface area contributed by atoms with E-state index in [2.05, 4.69) is 46.4 Å². The van der Waals surface area contributed by atoms with Crippen molar-refractivity contribution in [2.24, 2.45) is 7.05 Å². The molecular formula is C19H18BrN7O2S. The number of nitrogens with one attached hydrogen (secondary N) is 3. The zero-order valence-electron chi connectivity index (χ0n) is 16.1. The van der Waals surface area contributed by atoms with Crippen LogP contribution in [-0.4, -0.2) is 34.4 Å². The van der Waals surface area contributed by atoms with Crippen LogP contribution in [0, 0.1) is 0 Å². The third kappa shape index (κ3) is 4.69. The monoisotopic (exact) mass is 487 g/mol. The van der Waals surface area contributed by atoms with Crippen molar-refractivity contribution in [2.45, 2.75) is 0 Å². The van der Waals surface area contributed by atoms with Crippen molar-refractivity contribution >= 4 is 65.7 Å². The Hall–Kier alpha value is -3.18. The van der Waals surface area contributed by atoms with Gasteiger partial charge >= 0.3 is 0 Å². The van der Waals surface area contributed by atoms with Gasteiger partial charge in [0, 0.05) is 30.5 Å². The van der Waals surface area contributed by atoms with Crippen LogP contribution < -0.4 is 15.4 Å². The standard InChI is InChI=1S/C19H18BrN7O2S/c1-27-11-12-7-8-13(9-17(12)25-27)22-19-21-10-14(20)18(24-19)23-15-5-3-4-6-16(15)26-30(2,28)29/h3-11,26H,1-2H3,(H2,21,22,23,24). The lowest BCUT2D eigenvalue weighted by atomic mass is 10.2. The average Bonchev–Trinajstić information content (AvgIpc) is 3.04. The molecule has 0 unspecified atom stereocenters. The fourth-order valence-corrected chi connectivity index (χ4v) is 3.74. The Morgan fingerprint density at radius 1 is 1.07 bits per heavy atom. The lowest BCUT2D eigenvalue weighted by Gasteiger charge is -2.14. The van der Waals surface area contributed by atoms with E-state index in [0.717, 1.165) is 22.8 Å². The van der Waals surface area contributed by atoms with E-state index in [-0.39, 0.29) is 0 Å². The number of rotatable bonds is 6. The summed E-state index contributed by atoms with van der Waals surface area (Å²) in [5, 5.41) is 11.8. The smallest absolute Gasteiger partial charge is 0.229 e. The molecule has 154 valence electrons. The van der Waals surface area contributed by atoms with E-state index in [1.807, 2.05) is 31.4 Å². The molecule has 4 aromatic rings. The van der Waals surface area contributed by atoms with Crippen LogP contribution >= 0.6 is 15.9 Å².